The van der Waals surface area contributed by atoms with Crippen molar-refractivity contribution in [3.63, 3.8) is 0 Å². The molecule has 0 aliphatic rings. The Balaban J connectivity index is 0.000000531. The Morgan fingerprint density at radius 2 is 2.33 bits per heavy atom. The molecule has 0 fully saturated rings. The molecule has 0 atom stereocenters. The van der Waals surface area contributed by atoms with Gasteiger partial charge in [-0.15, -0.1) is 5.10 Å². The predicted molar refractivity (Wildman–Crippen MR) is 60.1 cm³/mol. The lowest BCUT2D eigenvalue weighted by atomic mass is 10.4. The second-order valence-electron chi connectivity index (χ2n) is 2.60. The summed E-state index contributed by atoms with van der Waals surface area (Å²) in [5, 5.41) is 7.61. The largest absolute Gasteiger partial charge is 0.503 e. The highest BCUT2D eigenvalue weighted by Crippen LogP contribution is 2.04. The molecule has 0 aliphatic carbocycles. The summed E-state index contributed by atoms with van der Waals surface area (Å²) in [6.45, 7) is 9.41. The third kappa shape index (κ3) is 2.66. The van der Waals surface area contributed by atoms with Gasteiger partial charge < -0.3 is 23.6 Å². The highest BCUT2D eigenvalue weighted by molar-refractivity contribution is 7.83. The van der Waals surface area contributed by atoms with E-state index in [0.29, 0.717) is 16.9 Å². The Labute approximate surface area is 93.0 Å². The third-order valence-electron chi connectivity index (χ3n) is 1.42. The van der Waals surface area contributed by atoms with Gasteiger partial charge in [0.25, 0.3) is 0 Å². The van der Waals surface area contributed by atoms with Crippen molar-refractivity contribution in [3.05, 3.63) is 30.7 Å². The second kappa shape index (κ2) is 5.30. The molecule has 0 aromatic carbocycles. The molecule has 2 heterocycles. The maximum atomic E-state index is 5.15. The maximum absolute atomic E-state index is 5.15. The smallest absolute Gasteiger partial charge is 0.220 e. The van der Waals surface area contributed by atoms with E-state index < -0.39 is 0 Å². The van der Waals surface area contributed by atoms with E-state index in [2.05, 4.69) is 40.7 Å². The molecule has 0 unspecified atom stereocenters. The van der Waals surface area contributed by atoms with Gasteiger partial charge in [0.2, 0.25) is 5.65 Å². The molecule has 2 radical (unpaired) electrons. The summed E-state index contributed by atoms with van der Waals surface area (Å²) in [5.74, 6) is 0.539. The zero-order valence-electron chi connectivity index (χ0n) is 8.12. The molecule has 0 N–H and O–H groups in total. The number of pyridine rings is 1. The molecule has 0 bridgehead atoms. The normalized spacial score (nSPS) is 9.13. The van der Waals surface area contributed by atoms with Crippen LogP contribution in [0.25, 0.3) is 11.2 Å². The number of fused-ring (bicyclic) bond motifs is 1. The molecule has 0 amide bonds. The number of aromatic nitrogens is 4. The Morgan fingerprint density at radius 3 is 3.00 bits per heavy atom. The number of hydrogen-bond acceptors (Lipinski definition) is 5. The van der Waals surface area contributed by atoms with Crippen LogP contribution in [0.3, 0.4) is 0 Å². The fourth-order valence-electron chi connectivity index (χ4n) is 0.954. The van der Waals surface area contributed by atoms with Gasteiger partial charge >= 0.3 is 0 Å². The minimum Gasteiger partial charge on any atom is -0.503 e. The maximum Gasteiger partial charge on any atom is 0.220 e. The SMILES string of the molecule is C=C(C)On1nnc2cccnc21.[B-]=S. The molecule has 15 heavy (non-hydrogen) atoms. The molecule has 0 aliphatic heterocycles. The van der Waals surface area contributed by atoms with E-state index >= 15 is 0 Å². The summed E-state index contributed by atoms with van der Waals surface area (Å²) in [5.41, 5.74) is 1.29. The van der Waals surface area contributed by atoms with Crippen LogP contribution >= 0.6 is 12.1 Å². The highest BCUT2D eigenvalue weighted by Gasteiger charge is 2.04. The monoisotopic (exact) mass is 219 g/mol. The highest BCUT2D eigenvalue weighted by atomic mass is 32.1. The van der Waals surface area contributed by atoms with Gasteiger partial charge in [-0.2, -0.15) is 0 Å². The molecular formula is C8H8BN4OS-. The van der Waals surface area contributed by atoms with Crippen molar-refractivity contribution in [2.75, 3.05) is 0 Å². The van der Waals surface area contributed by atoms with E-state index in [1.54, 1.807) is 19.2 Å². The Bertz CT molecular complexity index is 472. The van der Waals surface area contributed by atoms with Crippen molar-refractivity contribution in [1.29, 1.82) is 0 Å². The Morgan fingerprint density at radius 1 is 1.60 bits per heavy atom. The van der Waals surface area contributed by atoms with Gasteiger partial charge in [-0.1, -0.05) is 11.4 Å². The molecule has 0 saturated carbocycles. The van der Waals surface area contributed by atoms with Crippen molar-refractivity contribution in [2.24, 2.45) is 0 Å². The van der Waals surface area contributed by atoms with Gasteiger partial charge in [-0.25, -0.2) is 4.98 Å². The van der Waals surface area contributed by atoms with E-state index in [1.165, 1.54) is 4.85 Å². The van der Waals surface area contributed by atoms with Crippen LogP contribution in [-0.2, 0) is 0 Å². The van der Waals surface area contributed by atoms with Crippen LogP contribution in [0.15, 0.2) is 30.7 Å². The van der Waals surface area contributed by atoms with E-state index in [9.17, 15) is 0 Å². The summed E-state index contributed by atoms with van der Waals surface area (Å²) in [6, 6.07) is 3.61. The lowest BCUT2D eigenvalue weighted by molar-refractivity contribution is 0.153. The molecule has 5 nitrogen and oxygen atoms in total. The zero-order chi connectivity index (χ0) is 11.3. The van der Waals surface area contributed by atoms with Crippen LogP contribution < -0.4 is 4.84 Å². The molecule has 2 aromatic heterocycles. The standard InChI is InChI=1S/C8H8N4O.BS/c1-6(2)13-12-8-7(10-11-12)4-3-5-9-8;1-2/h3-5H,1H2,2H3;/q;-1. The summed E-state index contributed by atoms with van der Waals surface area (Å²) in [4.78, 5) is 10.5. The molecule has 2 aromatic rings. The number of allylic oxidation sites excluding steroid dienone is 1. The summed E-state index contributed by atoms with van der Waals surface area (Å²) < 4.78 is 0. The predicted octanol–water partition coefficient (Wildman–Crippen LogP) is 1.06. The fraction of sp³-hybridized carbons (Fsp3) is 0.125. The zero-order valence-corrected chi connectivity index (χ0v) is 8.94. The first-order valence-electron chi connectivity index (χ1n) is 4.01. The van der Waals surface area contributed by atoms with Crippen LogP contribution in [0.2, 0.25) is 0 Å². The summed E-state index contributed by atoms with van der Waals surface area (Å²) in [7, 11) is 0. The molecule has 2 rings (SSSR count). The van der Waals surface area contributed by atoms with Gasteiger partial charge in [-0.05, 0) is 24.3 Å². The van der Waals surface area contributed by atoms with E-state index in [0.717, 1.165) is 0 Å². The van der Waals surface area contributed by atoms with Crippen molar-refractivity contribution in [2.45, 2.75) is 6.92 Å². The topological polar surface area (TPSA) is 52.8 Å². The van der Waals surface area contributed by atoms with E-state index in [1.807, 2.05) is 6.07 Å². The first-order valence-corrected chi connectivity index (χ1v) is 4.48. The molecule has 0 spiro atoms. The van der Waals surface area contributed by atoms with Crippen molar-refractivity contribution in [1.82, 2.24) is 20.1 Å². The van der Waals surface area contributed by atoms with Gasteiger partial charge in [0, 0.05) is 6.20 Å². The van der Waals surface area contributed by atoms with Crippen LogP contribution in [0, 0.1) is 0 Å². The first kappa shape index (κ1) is 11.4. The van der Waals surface area contributed by atoms with E-state index in [4.69, 9.17) is 4.84 Å². The van der Waals surface area contributed by atoms with Crippen molar-refractivity contribution >= 4 is 29.9 Å². The van der Waals surface area contributed by atoms with Crippen LogP contribution in [0.5, 0.6) is 0 Å². The lowest BCUT2D eigenvalue weighted by Gasteiger charge is -2.00. The second-order valence-corrected chi connectivity index (χ2v) is 2.60. The van der Waals surface area contributed by atoms with Gasteiger partial charge in [0.1, 0.15) is 11.3 Å². The number of hydrogen-bond donors (Lipinski definition) is 0. The lowest BCUT2D eigenvalue weighted by Crippen LogP contribution is -2.10. The minimum atomic E-state index is 0.539. The first-order chi connectivity index (χ1) is 7.27. The molecule has 0 saturated heterocycles. The molecule has 7 heteroatoms. The average molecular weight is 219 g/mol. The van der Waals surface area contributed by atoms with Gasteiger partial charge in [0.05, 0.1) is 0 Å². The summed E-state index contributed by atoms with van der Waals surface area (Å²) in [6.07, 6.45) is 1.66. The van der Waals surface area contributed by atoms with E-state index in [-0.39, 0.29) is 0 Å². The van der Waals surface area contributed by atoms with Crippen LogP contribution in [0.4, 0.5) is 0 Å². The van der Waals surface area contributed by atoms with Crippen LogP contribution in [0.1, 0.15) is 6.92 Å². The van der Waals surface area contributed by atoms with Gasteiger partial charge in [-0.3, -0.25) is 0 Å². The Hall–Kier alpha value is -1.63. The number of rotatable bonds is 2. The third-order valence-corrected chi connectivity index (χ3v) is 1.42. The van der Waals surface area contributed by atoms with Crippen LogP contribution in [-0.4, -0.2) is 26.9 Å². The quantitative estimate of drug-likeness (QED) is 0.558. The van der Waals surface area contributed by atoms with Crippen molar-refractivity contribution in [3.8, 4) is 0 Å². The molecular weight excluding hydrogens is 211 g/mol. The van der Waals surface area contributed by atoms with Crippen molar-refractivity contribution < 1.29 is 4.84 Å². The molecule has 76 valence electrons. The average Bonchev–Trinajstić information content (AvgIpc) is 2.64. The number of nitrogens with zero attached hydrogens (tertiary/aromatic N) is 4. The van der Waals surface area contributed by atoms with Gasteiger partial charge in [0.15, 0.2) is 0 Å². The summed E-state index contributed by atoms with van der Waals surface area (Å²) >= 11 is 3.58. The Kier molecular flexibility index (Phi) is 4.05. The minimum absolute atomic E-state index is 0.539. The fourth-order valence-corrected chi connectivity index (χ4v) is 0.954.